The van der Waals surface area contributed by atoms with Crippen LogP contribution in [-0.2, 0) is 36.8 Å². The summed E-state index contributed by atoms with van der Waals surface area (Å²) in [6.45, 7) is 1.18. The van der Waals surface area contributed by atoms with Crippen molar-refractivity contribution < 1.29 is 34.2 Å². The van der Waals surface area contributed by atoms with Crippen molar-refractivity contribution in [3.05, 3.63) is 71.9 Å². The third-order valence-corrected chi connectivity index (χ3v) is 6.73. The number of aliphatic hydroxyl groups is 1. The first-order chi connectivity index (χ1) is 20.0. The molecule has 0 aliphatic heterocycles. The average molecular weight is 581 g/mol. The molecule has 0 fully saturated rings. The number of aromatic nitrogens is 1. The highest BCUT2D eigenvalue weighted by molar-refractivity contribution is 5.95. The lowest BCUT2D eigenvalue weighted by Gasteiger charge is -2.26. The molecule has 0 saturated carbocycles. The molecule has 4 amide bonds. The summed E-state index contributed by atoms with van der Waals surface area (Å²) in [7, 11) is 0. The predicted molar refractivity (Wildman–Crippen MR) is 154 cm³/mol. The minimum Gasteiger partial charge on any atom is -0.480 e. The van der Waals surface area contributed by atoms with E-state index in [1.807, 2.05) is 24.3 Å². The van der Waals surface area contributed by atoms with E-state index in [2.05, 4.69) is 20.9 Å². The van der Waals surface area contributed by atoms with Gasteiger partial charge in [-0.25, -0.2) is 4.79 Å². The molecule has 0 bridgehead atoms. The van der Waals surface area contributed by atoms with Crippen molar-refractivity contribution in [1.82, 2.24) is 20.9 Å². The molecule has 5 atom stereocenters. The first kappa shape index (κ1) is 31.8. The second-order valence-corrected chi connectivity index (χ2v) is 10.1. The standard InChI is InChI=1S/C29H36N6O7/c1-16(36)25(29(41)42)35-27(39)22(11-12-24(31)37)33-28(40)23(13-17-7-3-2-4-8-17)34-26(38)20(30)14-18-15-32-21-10-6-5-9-19(18)21/h2-10,15-16,20,22-23,25,32,36H,11-14,30H2,1H3,(H2,31,37)(H,33,40)(H,34,38)(H,35,39)(H,41,42). The highest BCUT2D eigenvalue weighted by atomic mass is 16.4. The van der Waals surface area contributed by atoms with Gasteiger partial charge in [0.1, 0.15) is 12.1 Å². The highest BCUT2D eigenvalue weighted by Gasteiger charge is 2.32. The molecule has 2 aromatic carbocycles. The number of carboxylic acid groups (broad SMARTS) is 1. The summed E-state index contributed by atoms with van der Waals surface area (Å²) in [6.07, 6.45) is 0.0259. The van der Waals surface area contributed by atoms with Gasteiger partial charge in [-0.05, 0) is 37.0 Å². The van der Waals surface area contributed by atoms with Crippen molar-refractivity contribution in [3.8, 4) is 0 Å². The lowest BCUT2D eigenvalue weighted by Crippen LogP contribution is -2.58. The molecule has 0 radical (unpaired) electrons. The molecule has 0 saturated heterocycles. The van der Waals surface area contributed by atoms with Gasteiger partial charge >= 0.3 is 5.97 Å². The molecular weight excluding hydrogens is 544 g/mol. The Balaban J connectivity index is 1.79. The number of aliphatic carboxylic acids is 1. The molecule has 0 aliphatic rings. The van der Waals surface area contributed by atoms with Crippen LogP contribution in [0.3, 0.4) is 0 Å². The number of benzene rings is 2. The lowest BCUT2D eigenvalue weighted by atomic mass is 10.0. The largest absolute Gasteiger partial charge is 0.480 e. The van der Waals surface area contributed by atoms with E-state index in [0.29, 0.717) is 5.56 Å². The summed E-state index contributed by atoms with van der Waals surface area (Å²) < 4.78 is 0. The van der Waals surface area contributed by atoms with Gasteiger partial charge in [0.2, 0.25) is 23.6 Å². The van der Waals surface area contributed by atoms with E-state index in [4.69, 9.17) is 11.5 Å². The molecule has 10 N–H and O–H groups in total. The number of aromatic amines is 1. The van der Waals surface area contributed by atoms with Crippen molar-refractivity contribution in [2.45, 2.75) is 62.9 Å². The number of H-pyrrole nitrogens is 1. The minimum atomic E-state index is -1.66. The molecular formula is C29H36N6O7. The number of carbonyl (C=O) groups is 5. The van der Waals surface area contributed by atoms with Crippen LogP contribution < -0.4 is 27.4 Å². The van der Waals surface area contributed by atoms with E-state index in [9.17, 15) is 34.2 Å². The SMILES string of the molecule is CC(O)C(NC(=O)C(CCC(N)=O)NC(=O)C(Cc1ccccc1)NC(=O)C(N)Cc1c[nH]c2ccccc12)C(=O)O. The van der Waals surface area contributed by atoms with Gasteiger partial charge in [-0.15, -0.1) is 0 Å². The Morgan fingerprint density at radius 2 is 1.48 bits per heavy atom. The summed E-state index contributed by atoms with van der Waals surface area (Å²) in [6, 6.07) is 11.2. The Bertz CT molecular complexity index is 1410. The van der Waals surface area contributed by atoms with Crippen LogP contribution in [0.4, 0.5) is 0 Å². The maximum atomic E-state index is 13.5. The van der Waals surface area contributed by atoms with E-state index in [-0.39, 0.29) is 25.7 Å². The van der Waals surface area contributed by atoms with Crippen LogP contribution in [0, 0.1) is 0 Å². The lowest BCUT2D eigenvalue weighted by molar-refractivity contribution is -0.145. The zero-order chi connectivity index (χ0) is 30.8. The molecule has 1 heterocycles. The molecule has 13 heteroatoms. The van der Waals surface area contributed by atoms with E-state index >= 15 is 0 Å². The Morgan fingerprint density at radius 3 is 2.12 bits per heavy atom. The summed E-state index contributed by atoms with van der Waals surface area (Å²) in [5.41, 5.74) is 13.9. The van der Waals surface area contributed by atoms with Crippen LogP contribution in [0.2, 0.25) is 0 Å². The van der Waals surface area contributed by atoms with Crippen LogP contribution in [0.1, 0.15) is 30.9 Å². The molecule has 5 unspecified atom stereocenters. The first-order valence-corrected chi connectivity index (χ1v) is 13.4. The van der Waals surface area contributed by atoms with Gasteiger partial charge in [-0.2, -0.15) is 0 Å². The number of carboxylic acids is 1. The van der Waals surface area contributed by atoms with Gasteiger partial charge in [0.25, 0.3) is 0 Å². The van der Waals surface area contributed by atoms with Crippen LogP contribution in [-0.4, -0.2) is 75.1 Å². The summed E-state index contributed by atoms with van der Waals surface area (Å²) in [5, 5.41) is 27.3. The molecule has 0 spiro atoms. The maximum absolute atomic E-state index is 13.5. The van der Waals surface area contributed by atoms with Crippen molar-refractivity contribution >= 4 is 40.5 Å². The van der Waals surface area contributed by atoms with E-state index in [1.165, 1.54) is 6.92 Å². The fourth-order valence-corrected chi connectivity index (χ4v) is 4.44. The number of carbonyl (C=O) groups excluding carboxylic acids is 4. The van der Waals surface area contributed by atoms with Crippen molar-refractivity contribution in [2.75, 3.05) is 0 Å². The third kappa shape index (κ3) is 8.88. The second-order valence-electron chi connectivity index (χ2n) is 10.1. The smallest absolute Gasteiger partial charge is 0.328 e. The number of nitrogens with two attached hydrogens (primary N) is 2. The number of amides is 4. The fraction of sp³-hybridized carbons (Fsp3) is 0.345. The van der Waals surface area contributed by atoms with Crippen LogP contribution in [0.25, 0.3) is 10.9 Å². The molecule has 3 rings (SSSR count). The molecule has 0 aliphatic carbocycles. The summed E-state index contributed by atoms with van der Waals surface area (Å²) in [5.74, 6) is -4.55. The van der Waals surface area contributed by atoms with E-state index in [1.54, 1.807) is 36.5 Å². The minimum absolute atomic E-state index is 0.0494. The van der Waals surface area contributed by atoms with Crippen molar-refractivity contribution in [1.29, 1.82) is 0 Å². The molecule has 3 aromatic rings. The van der Waals surface area contributed by atoms with Crippen molar-refractivity contribution in [3.63, 3.8) is 0 Å². The number of hydrogen-bond acceptors (Lipinski definition) is 7. The molecule has 42 heavy (non-hydrogen) atoms. The summed E-state index contributed by atoms with van der Waals surface area (Å²) in [4.78, 5) is 65.6. The van der Waals surface area contributed by atoms with Crippen LogP contribution >= 0.6 is 0 Å². The number of primary amides is 1. The Morgan fingerprint density at radius 1 is 0.857 bits per heavy atom. The Hall–Kier alpha value is -4.75. The Labute approximate surface area is 242 Å². The maximum Gasteiger partial charge on any atom is 0.328 e. The average Bonchev–Trinajstić information content (AvgIpc) is 3.35. The number of nitrogens with one attached hydrogen (secondary N) is 4. The first-order valence-electron chi connectivity index (χ1n) is 13.4. The van der Waals surface area contributed by atoms with Gasteiger partial charge in [-0.3, -0.25) is 19.2 Å². The van der Waals surface area contributed by atoms with Gasteiger partial charge in [0.05, 0.1) is 12.1 Å². The monoisotopic (exact) mass is 580 g/mol. The second kappa shape index (κ2) is 14.8. The number of hydrogen-bond donors (Lipinski definition) is 8. The third-order valence-electron chi connectivity index (χ3n) is 6.73. The van der Waals surface area contributed by atoms with Crippen molar-refractivity contribution in [2.24, 2.45) is 11.5 Å². The number of fused-ring (bicyclic) bond motifs is 1. The highest BCUT2D eigenvalue weighted by Crippen LogP contribution is 2.19. The number of para-hydroxylation sites is 1. The Kier molecular flexibility index (Phi) is 11.2. The number of rotatable bonds is 15. The summed E-state index contributed by atoms with van der Waals surface area (Å²) >= 11 is 0. The topological polar surface area (TPSA) is 230 Å². The zero-order valence-corrected chi connectivity index (χ0v) is 23.1. The fourth-order valence-electron chi connectivity index (χ4n) is 4.44. The quantitative estimate of drug-likeness (QED) is 0.116. The molecule has 13 nitrogen and oxygen atoms in total. The number of aliphatic hydroxyl groups excluding tert-OH is 1. The van der Waals surface area contributed by atoms with Gasteiger partial charge in [0, 0.05) is 29.9 Å². The van der Waals surface area contributed by atoms with Gasteiger partial charge in [0.15, 0.2) is 6.04 Å². The van der Waals surface area contributed by atoms with Crippen LogP contribution in [0.15, 0.2) is 60.8 Å². The van der Waals surface area contributed by atoms with Gasteiger partial charge in [-0.1, -0.05) is 48.5 Å². The van der Waals surface area contributed by atoms with E-state index < -0.39 is 59.9 Å². The van der Waals surface area contributed by atoms with Crippen LogP contribution in [0.5, 0.6) is 0 Å². The predicted octanol–water partition coefficient (Wildman–Crippen LogP) is -0.534. The normalized spacial score (nSPS) is 14.6. The van der Waals surface area contributed by atoms with E-state index in [0.717, 1.165) is 16.5 Å². The van der Waals surface area contributed by atoms with Gasteiger partial charge < -0.3 is 42.6 Å². The molecule has 1 aromatic heterocycles. The zero-order valence-electron chi connectivity index (χ0n) is 23.1. The molecule has 224 valence electrons.